The van der Waals surface area contributed by atoms with Gasteiger partial charge in [0.2, 0.25) is 0 Å². The Morgan fingerprint density at radius 2 is 2.12 bits per heavy atom. The number of morpholine rings is 1. The first-order valence-corrected chi connectivity index (χ1v) is 8.52. The Morgan fingerprint density at radius 1 is 1.24 bits per heavy atom. The van der Waals surface area contributed by atoms with Gasteiger partial charge in [-0.15, -0.1) is 0 Å². The number of aromatic nitrogens is 2. The summed E-state index contributed by atoms with van der Waals surface area (Å²) < 4.78 is 5.53. The second-order valence-corrected chi connectivity index (χ2v) is 5.81. The van der Waals surface area contributed by atoms with Crippen LogP contribution in [0.25, 0.3) is 11.3 Å². The summed E-state index contributed by atoms with van der Waals surface area (Å²) in [4.78, 5) is 20.6. The van der Waals surface area contributed by atoms with Crippen LogP contribution in [0.2, 0.25) is 0 Å². The number of nitrogens with zero attached hydrogens (tertiary/aromatic N) is 2. The van der Waals surface area contributed by atoms with Gasteiger partial charge in [0.05, 0.1) is 18.4 Å². The molecule has 2 amide bonds. The molecule has 2 heterocycles. The topological polar surface area (TPSA) is 88.2 Å². The summed E-state index contributed by atoms with van der Waals surface area (Å²) in [5.41, 5.74) is 1.94. The van der Waals surface area contributed by atoms with Crippen molar-refractivity contribution in [2.45, 2.75) is 12.5 Å². The Morgan fingerprint density at radius 3 is 2.92 bits per heavy atom. The third kappa shape index (κ3) is 5.51. The number of hydrogen-bond acceptors (Lipinski definition) is 5. The quantitative estimate of drug-likeness (QED) is 0.729. The summed E-state index contributed by atoms with van der Waals surface area (Å²) in [7, 11) is 0. The van der Waals surface area contributed by atoms with E-state index in [4.69, 9.17) is 4.74 Å². The largest absolute Gasteiger partial charge is 0.374 e. The number of nitrogens with one attached hydrogen (secondary N) is 3. The van der Waals surface area contributed by atoms with Crippen molar-refractivity contribution in [3.63, 3.8) is 0 Å². The maximum absolute atomic E-state index is 11.8. The summed E-state index contributed by atoms with van der Waals surface area (Å²) >= 11 is 0. The predicted octanol–water partition coefficient (Wildman–Crippen LogP) is 0.974. The van der Waals surface area contributed by atoms with Gasteiger partial charge in [-0.1, -0.05) is 30.3 Å². The fraction of sp³-hybridized carbons (Fsp3) is 0.389. The average Bonchev–Trinajstić information content (AvgIpc) is 2.68. The second kappa shape index (κ2) is 9.10. The van der Waals surface area contributed by atoms with Gasteiger partial charge in [0.25, 0.3) is 0 Å². The lowest BCUT2D eigenvalue weighted by atomic mass is 10.1. The van der Waals surface area contributed by atoms with Gasteiger partial charge in [-0.2, -0.15) is 0 Å². The first-order valence-electron chi connectivity index (χ1n) is 8.52. The van der Waals surface area contributed by atoms with Crippen LogP contribution in [0.15, 0.2) is 42.6 Å². The summed E-state index contributed by atoms with van der Waals surface area (Å²) in [6.45, 7) is 3.29. The van der Waals surface area contributed by atoms with E-state index < -0.39 is 0 Å². The number of hydrogen-bond donors (Lipinski definition) is 3. The van der Waals surface area contributed by atoms with E-state index in [1.165, 1.54) is 0 Å². The van der Waals surface area contributed by atoms with E-state index in [1.807, 2.05) is 36.4 Å². The van der Waals surface area contributed by atoms with Crippen molar-refractivity contribution in [1.29, 1.82) is 0 Å². The zero-order valence-corrected chi connectivity index (χ0v) is 14.1. The standard InChI is InChI=1S/C18H23N5O2/c24-18(22-13-15-12-19-10-11-25-15)21-9-7-17-20-8-6-16(23-17)14-4-2-1-3-5-14/h1-6,8,15,19H,7,9-13H2,(H2,21,22,24)/t15-/m0/s1. The molecule has 0 aliphatic carbocycles. The van der Waals surface area contributed by atoms with Crippen molar-refractivity contribution < 1.29 is 9.53 Å². The van der Waals surface area contributed by atoms with Crippen molar-refractivity contribution in [2.75, 3.05) is 32.8 Å². The van der Waals surface area contributed by atoms with Crippen LogP contribution < -0.4 is 16.0 Å². The normalized spacial score (nSPS) is 17.0. The van der Waals surface area contributed by atoms with Crippen molar-refractivity contribution in [2.24, 2.45) is 0 Å². The minimum Gasteiger partial charge on any atom is -0.374 e. The summed E-state index contributed by atoms with van der Waals surface area (Å²) in [5.74, 6) is 0.710. The van der Waals surface area contributed by atoms with E-state index in [2.05, 4.69) is 25.9 Å². The minimum absolute atomic E-state index is 0.0328. The smallest absolute Gasteiger partial charge is 0.314 e. The van der Waals surface area contributed by atoms with E-state index in [1.54, 1.807) is 6.20 Å². The van der Waals surface area contributed by atoms with Crippen LogP contribution in [0.5, 0.6) is 0 Å². The number of urea groups is 1. The molecule has 132 valence electrons. The SMILES string of the molecule is O=C(NCCc1nccc(-c2ccccc2)n1)NC[C@@H]1CNCCO1. The molecule has 25 heavy (non-hydrogen) atoms. The number of rotatable bonds is 6. The van der Waals surface area contributed by atoms with Crippen LogP contribution >= 0.6 is 0 Å². The number of benzene rings is 1. The molecule has 1 aromatic carbocycles. The first-order chi connectivity index (χ1) is 12.3. The van der Waals surface area contributed by atoms with Crippen molar-refractivity contribution in [1.82, 2.24) is 25.9 Å². The van der Waals surface area contributed by atoms with Gasteiger partial charge >= 0.3 is 6.03 Å². The van der Waals surface area contributed by atoms with Gasteiger partial charge < -0.3 is 20.7 Å². The van der Waals surface area contributed by atoms with Gasteiger partial charge in [-0.25, -0.2) is 14.8 Å². The van der Waals surface area contributed by atoms with Crippen molar-refractivity contribution >= 4 is 6.03 Å². The molecule has 0 unspecified atom stereocenters. The van der Waals surface area contributed by atoms with Crippen LogP contribution in [0.1, 0.15) is 5.82 Å². The summed E-state index contributed by atoms with van der Waals surface area (Å²) in [5, 5.41) is 8.87. The Bertz CT molecular complexity index is 674. The molecule has 1 aliphatic rings. The molecule has 0 spiro atoms. The molecule has 1 atom stereocenters. The molecule has 7 heteroatoms. The highest BCUT2D eigenvalue weighted by atomic mass is 16.5. The number of ether oxygens (including phenoxy) is 1. The van der Waals surface area contributed by atoms with E-state index in [0.717, 1.165) is 24.3 Å². The van der Waals surface area contributed by atoms with Gasteiger partial charge in [-0.05, 0) is 6.07 Å². The highest BCUT2D eigenvalue weighted by Gasteiger charge is 2.13. The van der Waals surface area contributed by atoms with E-state index in [-0.39, 0.29) is 12.1 Å². The minimum atomic E-state index is -0.201. The number of carbonyl (C=O) groups excluding carboxylic acids is 1. The molecule has 1 saturated heterocycles. The van der Waals surface area contributed by atoms with Crippen LogP contribution in [0.3, 0.4) is 0 Å². The monoisotopic (exact) mass is 341 g/mol. The molecule has 0 bridgehead atoms. The van der Waals surface area contributed by atoms with Gasteiger partial charge in [0, 0.05) is 44.4 Å². The molecule has 1 aliphatic heterocycles. The van der Waals surface area contributed by atoms with Crippen LogP contribution in [0.4, 0.5) is 4.79 Å². The molecule has 3 N–H and O–H groups in total. The molecule has 0 saturated carbocycles. The van der Waals surface area contributed by atoms with Crippen molar-refractivity contribution in [3.05, 3.63) is 48.4 Å². The van der Waals surface area contributed by atoms with Gasteiger partial charge in [0.15, 0.2) is 0 Å². The zero-order valence-electron chi connectivity index (χ0n) is 14.1. The fourth-order valence-electron chi connectivity index (χ4n) is 2.60. The summed E-state index contributed by atoms with van der Waals surface area (Å²) in [6.07, 6.45) is 2.36. The lowest BCUT2D eigenvalue weighted by molar-refractivity contribution is 0.0307. The Hall–Kier alpha value is -2.51. The lowest BCUT2D eigenvalue weighted by Gasteiger charge is -2.23. The maximum atomic E-state index is 11.8. The Labute approximate surface area is 147 Å². The van der Waals surface area contributed by atoms with E-state index in [9.17, 15) is 4.79 Å². The molecule has 3 rings (SSSR count). The predicted molar refractivity (Wildman–Crippen MR) is 95.2 cm³/mol. The molecule has 2 aromatic rings. The highest BCUT2D eigenvalue weighted by Crippen LogP contribution is 2.15. The number of amides is 2. The van der Waals surface area contributed by atoms with Crippen LogP contribution in [-0.4, -0.2) is 54.9 Å². The maximum Gasteiger partial charge on any atom is 0.314 e. The molecular weight excluding hydrogens is 318 g/mol. The lowest BCUT2D eigenvalue weighted by Crippen LogP contribution is -2.47. The van der Waals surface area contributed by atoms with E-state index >= 15 is 0 Å². The zero-order chi connectivity index (χ0) is 17.3. The Balaban J connectivity index is 1.42. The van der Waals surface area contributed by atoms with Crippen LogP contribution in [0, 0.1) is 0 Å². The van der Waals surface area contributed by atoms with Gasteiger partial charge in [-0.3, -0.25) is 0 Å². The van der Waals surface area contributed by atoms with Crippen molar-refractivity contribution in [3.8, 4) is 11.3 Å². The van der Waals surface area contributed by atoms with Crippen LogP contribution in [-0.2, 0) is 11.2 Å². The first kappa shape index (κ1) is 17.3. The Kier molecular flexibility index (Phi) is 6.30. The third-order valence-corrected chi connectivity index (χ3v) is 3.90. The number of carbonyl (C=O) groups is 1. The third-order valence-electron chi connectivity index (χ3n) is 3.90. The summed E-state index contributed by atoms with van der Waals surface area (Å²) in [6, 6.07) is 11.6. The van der Waals surface area contributed by atoms with E-state index in [0.29, 0.717) is 31.9 Å². The van der Waals surface area contributed by atoms with Gasteiger partial charge in [0.1, 0.15) is 5.82 Å². The molecule has 0 radical (unpaired) electrons. The molecule has 7 nitrogen and oxygen atoms in total. The molecular formula is C18H23N5O2. The highest BCUT2D eigenvalue weighted by molar-refractivity contribution is 5.73. The molecule has 1 aromatic heterocycles. The fourth-order valence-corrected chi connectivity index (χ4v) is 2.60. The second-order valence-electron chi connectivity index (χ2n) is 5.81. The molecule has 1 fully saturated rings. The average molecular weight is 341 g/mol.